The van der Waals surface area contributed by atoms with Crippen LogP contribution in [0.4, 0.5) is 11.6 Å². The van der Waals surface area contributed by atoms with Crippen LogP contribution in [0.2, 0.25) is 0 Å². The van der Waals surface area contributed by atoms with E-state index in [0.717, 1.165) is 18.2 Å². The van der Waals surface area contributed by atoms with Gasteiger partial charge in [0.15, 0.2) is 9.84 Å². The molecule has 1 fully saturated rings. The van der Waals surface area contributed by atoms with E-state index in [1.807, 2.05) is 30.1 Å². The number of hydrogen-bond acceptors (Lipinski definition) is 5. The van der Waals surface area contributed by atoms with Gasteiger partial charge < -0.3 is 10.2 Å². The third-order valence-corrected chi connectivity index (χ3v) is 4.59. The van der Waals surface area contributed by atoms with Gasteiger partial charge in [0, 0.05) is 20.1 Å². The van der Waals surface area contributed by atoms with Gasteiger partial charge in [0.1, 0.15) is 11.6 Å². The molecule has 0 radical (unpaired) electrons. The second-order valence-corrected chi connectivity index (χ2v) is 6.43. The summed E-state index contributed by atoms with van der Waals surface area (Å²) in [5.74, 6) is 2.15. The molecule has 5 nitrogen and oxygen atoms in total. The Kier molecular flexibility index (Phi) is 3.51. The SMILES string of the molecule is CNc1cccc(N2CCCS(=O)(=O)CC2)n1. The summed E-state index contributed by atoms with van der Waals surface area (Å²) in [5, 5.41) is 2.98. The van der Waals surface area contributed by atoms with Crippen LogP contribution in [0.3, 0.4) is 0 Å². The van der Waals surface area contributed by atoms with E-state index in [1.54, 1.807) is 0 Å². The predicted molar refractivity (Wildman–Crippen MR) is 69.3 cm³/mol. The molecule has 1 aromatic heterocycles. The van der Waals surface area contributed by atoms with E-state index < -0.39 is 9.84 Å². The van der Waals surface area contributed by atoms with Crippen LogP contribution in [0.1, 0.15) is 6.42 Å². The highest BCUT2D eigenvalue weighted by molar-refractivity contribution is 7.91. The number of nitrogens with one attached hydrogen (secondary N) is 1. The van der Waals surface area contributed by atoms with Crippen LogP contribution in [-0.4, -0.2) is 45.0 Å². The molecule has 94 valence electrons. The van der Waals surface area contributed by atoms with Gasteiger partial charge in [-0.1, -0.05) is 6.07 Å². The second kappa shape index (κ2) is 4.91. The fraction of sp³-hybridized carbons (Fsp3) is 0.545. The van der Waals surface area contributed by atoms with Crippen molar-refractivity contribution in [2.24, 2.45) is 0 Å². The molecule has 0 unspecified atom stereocenters. The van der Waals surface area contributed by atoms with Gasteiger partial charge in [0.2, 0.25) is 0 Å². The second-order valence-electron chi connectivity index (χ2n) is 4.12. The molecular formula is C11H17N3O2S. The summed E-state index contributed by atoms with van der Waals surface area (Å²) in [6.45, 7) is 1.28. The predicted octanol–water partition coefficient (Wildman–Crippen LogP) is 0.748. The van der Waals surface area contributed by atoms with Crippen molar-refractivity contribution in [1.29, 1.82) is 0 Å². The minimum atomic E-state index is -2.86. The number of pyridine rings is 1. The highest BCUT2D eigenvalue weighted by atomic mass is 32.2. The Hall–Kier alpha value is -1.30. The normalized spacial score (nSPS) is 19.7. The Labute approximate surface area is 102 Å². The fourth-order valence-electron chi connectivity index (χ4n) is 1.91. The molecule has 1 N–H and O–H groups in total. The Morgan fingerprint density at radius 3 is 2.88 bits per heavy atom. The minimum absolute atomic E-state index is 0.221. The number of sulfone groups is 1. The first-order valence-corrected chi connectivity index (χ1v) is 7.53. The molecule has 6 heteroatoms. The smallest absolute Gasteiger partial charge is 0.152 e. The van der Waals surface area contributed by atoms with Gasteiger partial charge in [-0.05, 0) is 18.6 Å². The molecule has 1 aromatic rings. The van der Waals surface area contributed by atoms with Gasteiger partial charge in [0.25, 0.3) is 0 Å². The summed E-state index contributed by atoms with van der Waals surface area (Å²) in [6.07, 6.45) is 0.674. The Bertz CT molecular complexity index is 487. The van der Waals surface area contributed by atoms with Crippen molar-refractivity contribution in [1.82, 2.24) is 4.98 Å². The molecule has 0 spiro atoms. The van der Waals surface area contributed by atoms with Crippen LogP contribution < -0.4 is 10.2 Å². The first-order chi connectivity index (χ1) is 8.11. The van der Waals surface area contributed by atoms with Gasteiger partial charge in [-0.2, -0.15) is 0 Å². The van der Waals surface area contributed by atoms with Crippen LogP contribution in [0.25, 0.3) is 0 Å². The molecule has 17 heavy (non-hydrogen) atoms. The first-order valence-electron chi connectivity index (χ1n) is 5.71. The number of anilines is 2. The van der Waals surface area contributed by atoms with Gasteiger partial charge in [-0.3, -0.25) is 0 Å². The molecule has 1 aliphatic heterocycles. The maximum atomic E-state index is 11.5. The van der Waals surface area contributed by atoms with Crippen LogP contribution >= 0.6 is 0 Å². The fourth-order valence-corrected chi connectivity index (χ4v) is 3.18. The lowest BCUT2D eigenvalue weighted by Crippen LogP contribution is -2.27. The maximum absolute atomic E-state index is 11.5. The summed E-state index contributed by atoms with van der Waals surface area (Å²) in [4.78, 5) is 6.46. The standard InChI is InChI=1S/C11H17N3O2S/c1-12-10-4-2-5-11(13-10)14-6-3-8-17(15,16)9-7-14/h2,4-5H,3,6-9H2,1H3,(H,12,13). The monoisotopic (exact) mass is 255 g/mol. The lowest BCUT2D eigenvalue weighted by Gasteiger charge is -2.21. The van der Waals surface area contributed by atoms with Crippen molar-refractivity contribution < 1.29 is 8.42 Å². The van der Waals surface area contributed by atoms with Crippen molar-refractivity contribution in [2.45, 2.75) is 6.42 Å². The van der Waals surface area contributed by atoms with Crippen LogP contribution in [0.5, 0.6) is 0 Å². The molecule has 0 amide bonds. The zero-order valence-corrected chi connectivity index (χ0v) is 10.7. The van der Waals surface area contributed by atoms with Crippen molar-refractivity contribution in [3.63, 3.8) is 0 Å². The van der Waals surface area contributed by atoms with Crippen LogP contribution in [-0.2, 0) is 9.84 Å². The molecule has 0 bridgehead atoms. The Morgan fingerprint density at radius 2 is 2.12 bits per heavy atom. The minimum Gasteiger partial charge on any atom is -0.373 e. The zero-order chi connectivity index (χ0) is 12.3. The third-order valence-electron chi connectivity index (χ3n) is 2.87. The van der Waals surface area contributed by atoms with Crippen molar-refractivity contribution in [2.75, 3.05) is 41.9 Å². The van der Waals surface area contributed by atoms with Gasteiger partial charge in [-0.15, -0.1) is 0 Å². The van der Waals surface area contributed by atoms with E-state index in [1.165, 1.54) is 0 Å². The van der Waals surface area contributed by atoms with E-state index in [9.17, 15) is 8.42 Å². The van der Waals surface area contributed by atoms with Crippen LogP contribution in [0, 0.1) is 0 Å². The summed E-state index contributed by atoms with van der Waals surface area (Å²) in [6, 6.07) is 5.73. The van der Waals surface area contributed by atoms with Gasteiger partial charge in [0.05, 0.1) is 11.5 Å². The van der Waals surface area contributed by atoms with Gasteiger partial charge >= 0.3 is 0 Å². The average Bonchev–Trinajstić information content (AvgIpc) is 2.50. The number of rotatable bonds is 2. The summed E-state index contributed by atoms with van der Waals surface area (Å²) in [5.41, 5.74) is 0. The lowest BCUT2D eigenvalue weighted by atomic mass is 10.3. The van der Waals surface area contributed by atoms with Crippen molar-refractivity contribution in [3.8, 4) is 0 Å². The van der Waals surface area contributed by atoms with Gasteiger partial charge in [-0.25, -0.2) is 13.4 Å². The summed E-state index contributed by atoms with van der Waals surface area (Å²) < 4.78 is 23.0. The van der Waals surface area contributed by atoms with E-state index >= 15 is 0 Å². The van der Waals surface area contributed by atoms with E-state index in [0.29, 0.717) is 13.0 Å². The average molecular weight is 255 g/mol. The van der Waals surface area contributed by atoms with E-state index in [-0.39, 0.29) is 11.5 Å². The molecule has 2 rings (SSSR count). The van der Waals surface area contributed by atoms with E-state index in [4.69, 9.17) is 0 Å². The number of hydrogen-bond donors (Lipinski definition) is 1. The highest BCUT2D eigenvalue weighted by Gasteiger charge is 2.19. The topological polar surface area (TPSA) is 62.3 Å². The molecule has 0 aliphatic carbocycles. The molecule has 0 atom stereocenters. The lowest BCUT2D eigenvalue weighted by molar-refractivity contribution is 0.597. The zero-order valence-electron chi connectivity index (χ0n) is 9.89. The first kappa shape index (κ1) is 12.2. The quantitative estimate of drug-likeness (QED) is 0.845. The molecule has 2 heterocycles. The van der Waals surface area contributed by atoms with Crippen LogP contribution in [0.15, 0.2) is 18.2 Å². The van der Waals surface area contributed by atoms with Crippen molar-refractivity contribution >= 4 is 21.5 Å². The summed E-state index contributed by atoms with van der Waals surface area (Å²) in [7, 11) is -1.04. The molecule has 0 aromatic carbocycles. The molecule has 1 aliphatic rings. The third kappa shape index (κ3) is 3.09. The molecule has 1 saturated heterocycles. The van der Waals surface area contributed by atoms with E-state index in [2.05, 4.69) is 10.3 Å². The number of aromatic nitrogens is 1. The summed E-state index contributed by atoms with van der Waals surface area (Å²) >= 11 is 0. The Balaban J connectivity index is 2.16. The Morgan fingerprint density at radius 1 is 1.29 bits per heavy atom. The highest BCUT2D eigenvalue weighted by Crippen LogP contribution is 2.16. The maximum Gasteiger partial charge on any atom is 0.152 e. The largest absolute Gasteiger partial charge is 0.373 e. The molecule has 0 saturated carbocycles. The number of nitrogens with zero attached hydrogens (tertiary/aromatic N) is 2. The molecular weight excluding hydrogens is 238 g/mol. The van der Waals surface area contributed by atoms with Crippen molar-refractivity contribution in [3.05, 3.63) is 18.2 Å².